The van der Waals surface area contributed by atoms with E-state index in [1.54, 1.807) is 25.3 Å². The van der Waals surface area contributed by atoms with Crippen LogP contribution in [0.25, 0.3) is 0 Å². The lowest BCUT2D eigenvalue weighted by Crippen LogP contribution is -2.06. The van der Waals surface area contributed by atoms with Crippen LogP contribution in [0.2, 0.25) is 0 Å². The molecular formula is C13H18O4. The maximum atomic E-state index is 11.6. The zero-order chi connectivity index (χ0) is 12.7. The molecule has 94 valence electrons. The average Bonchev–Trinajstić information content (AvgIpc) is 2.36. The molecule has 4 nitrogen and oxygen atoms in total. The molecule has 0 N–H and O–H groups in total. The predicted molar refractivity (Wildman–Crippen MR) is 64.7 cm³/mol. The van der Waals surface area contributed by atoms with Gasteiger partial charge in [-0.3, -0.25) is 0 Å². The third-order valence-corrected chi connectivity index (χ3v) is 2.14. The molecule has 0 aliphatic rings. The number of ether oxygens (including phenoxy) is 3. The monoisotopic (exact) mass is 238 g/mol. The molecule has 1 rings (SSSR count). The summed E-state index contributed by atoms with van der Waals surface area (Å²) in [5.74, 6) is 0.827. The van der Waals surface area contributed by atoms with E-state index in [0.29, 0.717) is 30.3 Å². The number of carbonyl (C=O) groups excluding carboxylic acids is 1. The highest BCUT2D eigenvalue weighted by molar-refractivity contribution is 5.90. The standard InChI is InChI=1S/C13H18O4/c1-4-8-17-13(14)10-6-7-11(16-5-2)12(9-10)15-3/h6-7,9H,4-5,8H2,1-3H3. The molecular weight excluding hydrogens is 220 g/mol. The number of esters is 1. The van der Waals surface area contributed by atoms with E-state index in [4.69, 9.17) is 14.2 Å². The van der Waals surface area contributed by atoms with Gasteiger partial charge in [-0.1, -0.05) is 6.92 Å². The Morgan fingerprint density at radius 2 is 2.00 bits per heavy atom. The average molecular weight is 238 g/mol. The third-order valence-electron chi connectivity index (χ3n) is 2.14. The summed E-state index contributed by atoms with van der Waals surface area (Å²) in [6.45, 7) is 4.82. The van der Waals surface area contributed by atoms with E-state index in [2.05, 4.69) is 0 Å². The van der Waals surface area contributed by atoms with Crippen molar-refractivity contribution in [3.8, 4) is 11.5 Å². The molecule has 0 aliphatic heterocycles. The first kappa shape index (κ1) is 13.4. The fourth-order valence-corrected chi connectivity index (χ4v) is 1.35. The molecule has 0 bridgehead atoms. The summed E-state index contributed by atoms with van der Waals surface area (Å²) in [4.78, 5) is 11.6. The van der Waals surface area contributed by atoms with Crippen LogP contribution in [0.15, 0.2) is 18.2 Å². The molecule has 0 amide bonds. The van der Waals surface area contributed by atoms with Crippen LogP contribution < -0.4 is 9.47 Å². The molecule has 0 atom stereocenters. The van der Waals surface area contributed by atoms with Crippen LogP contribution >= 0.6 is 0 Å². The zero-order valence-corrected chi connectivity index (χ0v) is 10.5. The van der Waals surface area contributed by atoms with Crippen molar-refractivity contribution in [1.82, 2.24) is 0 Å². The Morgan fingerprint density at radius 1 is 1.24 bits per heavy atom. The summed E-state index contributed by atoms with van der Waals surface area (Å²) in [7, 11) is 1.54. The number of carbonyl (C=O) groups is 1. The molecule has 0 radical (unpaired) electrons. The van der Waals surface area contributed by atoms with Gasteiger partial charge in [-0.05, 0) is 31.5 Å². The Hall–Kier alpha value is -1.71. The van der Waals surface area contributed by atoms with Crippen molar-refractivity contribution in [2.75, 3.05) is 20.3 Å². The van der Waals surface area contributed by atoms with E-state index in [1.165, 1.54) is 0 Å². The summed E-state index contributed by atoms with van der Waals surface area (Å²) in [6.07, 6.45) is 0.805. The third kappa shape index (κ3) is 3.66. The minimum atomic E-state index is -0.340. The fourth-order valence-electron chi connectivity index (χ4n) is 1.35. The van der Waals surface area contributed by atoms with E-state index >= 15 is 0 Å². The second-order valence-corrected chi connectivity index (χ2v) is 3.43. The van der Waals surface area contributed by atoms with Crippen LogP contribution in [0, 0.1) is 0 Å². The van der Waals surface area contributed by atoms with Crippen LogP contribution in [0.1, 0.15) is 30.6 Å². The quantitative estimate of drug-likeness (QED) is 0.715. The minimum absolute atomic E-state index is 0.340. The molecule has 1 aromatic carbocycles. The van der Waals surface area contributed by atoms with Gasteiger partial charge in [0.25, 0.3) is 0 Å². The van der Waals surface area contributed by atoms with Gasteiger partial charge >= 0.3 is 5.97 Å². The lowest BCUT2D eigenvalue weighted by atomic mass is 10.2. The Bertz CT molecular complexity index is 374. The van der Waals surface area contributed by atoms with Crippen molar-refractivity contribution < 1.29 is 19.0 Å². The number of rotatable bonds is 6. The van der Waals surface area contributed by atoms with Gasteiger partial charge in [-0.25, -0.2) is 4.79 Å². The minimum Gasteiger partial charge on any atom is -0.493 e. The number of hydrogen-bond acceptors (Lipinski definition) is 4. The maximum Gasteiger partial charge on any atom is 0.338 e. The first-order valence-electron chi connectivity index (χ1n) is 5.70. The molecule has 0 aromatic heterocycles. The van der Waals surface area contributed by atoms with E-state index in [9.17, 15) is 4.79 Å². The summed E-state index contributed by atoms with van der Waals surface area (Å²) < 4.78 is 15.6. The van der Waals surface area contributed by atoms with Crippen molar-refractivity contribution in [3.05, 3.63) is 23.8 Å². The first-order chi connectivity index (χ1) is 8.22. The molecule has 0 saturated heterocycles. The maximum absolute atomic E-state index is 11.6. The van der Waals surface area contributed by atoms with Gasteiger partial charge < -0.3 is 14.2 Å². The molecule has 0 spiro atoms. The van der Waals surface area contributed by atoms with Crippen LogP contribution in [-0.4, -0.2) is 26.3 Å². The molecule has 0 unspecified atom stereocenters. The summed E-state index contributed by atoms with van der Waals surface area (Å²) in [6, 6.07) is 5.01. The summed E-state index contributed by atoms with van der Waals surface area (Å²) in [5, 5.41) is 0. The van der Waals surface area contributed by atoms with Gasteiger partial charge in [0.1, 0.15) is 0 Å². The van der Waals surface area contributed by atoms with Gasteiger partial charge in [0.2, 0.25) is 0 Å². The smallest absolute Gasteiger partial charge is 0.338 e. The second kappa shape index (κ2) is 6.78. The van der Waals surface area contributed by atoms with Gasteiger partial charge in [0.15, 0.2) is 11.5 Å². The molecule has 1 aromatic rings. The summed E-state index contributed by atoms with van der Waals surface area (Å²) in [5.41, 5.74) is 0.471. The highest BCUT2D eigenvalue weighted by atomic mass is 16.5. The Morgan fingerprint density at radius 3 is 2.59 bits per heavy atom. The highest BCUT2D eigenvalue weighted by Gasteiger charge is 2.11. The van der Waals surface area contributed by atoms with Crippen LogP contribution in [0.3, 0.4) is 0 Å². The van der Waals surface area contributed by atoms with E-state index < -0.39 is 0 Å². The molecule has 0 saturated carbocycles. The van der Waals surface area contributed by atoms with Crippen LogP contribution in [0.5, 0.6) is 11.5 Å². The lowest BCUT2D eigenvalue weighted by molar-refractivity contribution is 0.0504. The highest BCUT2D eigenvalue weighted by Crippen LogP contribution is 2.28. The van der Waals surface area contributed by atoms with E-state index in [-0.39, 0.29) is 5.97 Å². The van der Waals surface area contributed by atoms with Crippen molar-refractivity contribution in [2.24, 2.45) is 0 Å². The zero-order valence-electron chi connectivity index (χ0n) is 10.5. The van der Waals surface area contributed by atoms with E-state index in [1.807, 2.05) is 13.8 Å². The van der Waals surface area contributed by atoms with Gasteiger partial charge in [-0.15, -0.1) is 0 Å². The molecule has 0 heterocycles. The van der Waals surface area contributed by atoms with Crippen molar-refractivity contribution in [1.29, 1.82) is 0 Å². The topological polar surface area (TPSA) is 44.8 Å². The predicted octanol–water partition coefficient (Wildman–Crippen LogP) is 2.66. The van der Waals surface area contributed by atoms with Crippen molar-refractivity contribution >= 4 is 5.97 Å². The molecule has 0 aliphatic carbocycles. The van der Waals surface area contributed by atoms with Crippen molar-refractivity contribution in [2.45, 2.75) is 20.3 Å². The number of hydrogen-bond donors (Lipinski definition) is 0. The van der Waals surface area contributed by atoms with Gasteiger partial charge in [0.05, 0.1) is 25.9 Å². The number of benzene rings is 1. The van der Waals surface area contributed by atoms with Crippen LogP contribution in [0.4, 0.5) is 0 Å². The molecule has 0 fully saturated rings. The first-order valence-corrected chi connectivity index (χ1v) is 5.70. The van der Waals surface area contributed by atoms with Gasteiger partial charge in [-0.2, -0.15) is 0 Å². The Labute approximate surface area is 101 Å². The fraction of sp³-hybridized carbons (Fsp3) is 0.462. The molecule has 17 heavy (non-hydrogen) atoms. The Balaban J connectivity index is 2.84. The summed E-state index contributed by atoms with van der Waals surface area (Å²) >= 11 is 0. The van der Waals surface area contributed by atoms with Gasteiger partial charge in [0, 0.05) is 0 Å². The van der Waals surface area contributed by atoms with Crippen LogP contribution in [-0.2, 0) is 4.74 Å². The largest absolute Gasteiger partial charge is 0.493 e. The Kier molecular flexibility index (Phi) is 5.33. The second-order valence-electron chi connectivity index (χ2n) is 3.43. The lowest BCUT2D eigenvalue weighted by Gasteiger charge is -2.10. The number of methoxy groups -OCH3 is 1. The normalized spacial score (nSPS) is 9.82. The molecule has 4 heteroatoms. The SMILES string of the molecule is CCCOC(=O)c1ccc(OCC)c(OC)c1. The van der Waals surface area contributed by atoms with Crippen molar-refractivity contribution in [3.63, 3.8) is 0 Å². The van der Waals surface area contributed by atoms with E-state index in [0.717, 1.165) is 6.42 Å².